The second-order valence-electron chi connectivity index (χ2n) is 6.26. The van der Waals surface area contributed by atoms with Crippen molar-refractivity contribution in [1.29, 1.82) is 0 Å². The zero-order valence-corrected chi connectivity index (χ0v) is 18.7. The second-order valence-corrected chi connectivity index (χ2v) is 9.51. The number of nitrogens with one attached hydrogen (secondary N) is 1. The van der Waals surface area contributed by atoms with E-state index in [4.69, 9.17) is 25.6 Å². The van der Waals surface area contributed by atoms with Crippen LogP contribution in [0.2, 0.25) is 5.02 Å². The highest BCUT2D eigenvalue weighted by molar-refractivity contribution is 7.94. The lowest BCUT2D eigenvalue weighted by atomic mass is 10.2. The highest BCUT2D eigenvalue weighted by Gasteiger charge is 2.22. The predicted octanol–water partition coefficient (Wildman–Crippen LogP) is 4.94. The van der Waals surface area contributed by atoms with E-state index >= 15 is 0 Å². The topological polar surface area (TPSA) is 104 Å². The summed E-state index contributed by atoms with van der Waals surface area (Å²) >= 11 is 6.93. The van der Waals surface area contributed by atoms with Crippen LogP contribution in [-0.4, -0.2) is 32.8 Å². The molecule has 0 saturated heterocycles. The summed E-state index contributed by atoms with van der Waals surface area (Å²) in [6.07, 6.45) is 0. The van der Waals surface area contributed by atoms with Crippen LogP contribution in [0, 0.1) is 0 Å². The molecule has 0 atom stereocenters. The lowest BCUT2D eigenvalue weighted by Gasteiger charge is -2.12. The Bertz CT molecular complexity index is 1320. The first kappa shape index (κ1) is 21.2. The maximum Gasteiger partial charge on any atom is 0.271 e. The van der Waals surface area contributed by atoms with Crippen LogP contribution < -0.4 is 14.2 Å². The van der Waals surface area contributed by atoms with Crippen LogP contribution >= 0.6 is 22.9 Å². The Morgan fingerprint density at radius 2 is 1.81 bits per heavy atom. The molecule has 4 aromatic rings. The van der Waals surface area contributed by atoms with Crippen molar-refractivity contribution < 1.29 is 22.4 Å². The van der Waals surface area contributed by atoms with E-state index in [1.54, 1.807) is 47.8 Å². The number of rotatable bonds is 7. The predicted molar refractivity (Wildman–Crippen MR) is 118 cm³/mol. The molecular formula is C20H16ClN3O5S2. The molecule has 8 nitrogen and oxygen atoms in total. The van der Waals surface area contributed by atoms with Crippen LogP contribution in [-0.2, 0) is 10.0 Å². The quantitative estimate of drug-likeness (QED) is 0.402. The third kappa shape index (κ3) is 4.50. The Morgan fingerprint density at radius 1 is 1.03 bits per heavy atom. The molecule has 0 radical (unpaired) electrons. The molecule has 4 rings (SSSR count). The molecule has 0 unspecified atom stereocenters. The Hall–Kier alpha value is -3.08. The number of methoxy groups -OCH3 is 2. The van der Waals surface area contributed by atoms with Gasteiger partial charge in [-0.3, -0.25) is 4.72 Å². The van der Waals surface area contributed by atoms with Crippen molar-refractivity contribution in [3.8, 4) is 34.3 Å². The Morgan fingerprint density at radius 3 is 2.52 bits per heavy atom. The number of hydrogen-bond acceptors (Lipinski definition) is 8. The summed E-state index contributed by atoms with van der Waals surface area (Å²) in [7, 11) is -0.930. The molecule has 0 bridgehead atoms. The number of thiophene rings is 1. The van der Waals surface area contributed by atoms with Gasteiger partial charge in [0.2, 0.25) is 5.82 Å². The molecule has 0 aliphatic rings. The summed E-state index contributed by atoms with van der Waals surface area (Å²) in [5.74, 6) is 1.44. The van der Waals surface area contributed by atoms with Gasteiger partial charge in [0.25, 0.3) is 15.9 Å². The minimum absolute atomic E-state index is 0.0821. The maximum absolute atomic E-state index is 12.9. The van der Waals surface area contributed by atoms with Gasteiger partial charge in [0, 0.05) is 22.0 Å². The molecule has 31 heavy (non-hydrogen) atoms. The van der Waals surface area contributed by atoms with Crippen molar-refractivity contribution >= 4 is 38.6 Å². The highest BCUT2D eigenvalue weighted by Crippen LogP contribution is 2.34. The normalized spacial score (nSPS) is 11.3. The Labute approximate surface area is 187 Å². The molecule has 160 valence electrons. The summed E-state index contributed by atoms with van der Waals surface area (Å²) in [6.45, 7) is 0. The Kier molecular flexibility index (Phi) is 5.86. The van der Waals surface area contributed by atoms with Gasteiger partial charge in [-0.25, -0.2) is 8.42 Å². The minimum Gasteiger partial charge on any atom is -0.497 e. The second kappa shape index (κ2) is 8.58. The summed E-state index contributed by atoms with van der Waals surface area (Å²) in [6, 6.07) is 13.3. The van der Waals surface area contributed by atoms with Gasteiger partial charge in [0.15, 0.2) is 0 Å². The van der Waals surface area contributed by atoms with Crippen LogP contribution in [0.3, 0.4) is 0 Å². The molecule has 0 spiro atoms. The first-order valence-corrected chi connectivity index (χ1v) is 11.6. The summed E-state index contributed by atoms with van der Waals surface area (Å²) in [5, 5.41) is 6.19. The van der Waals surface area contributed by atoms with Crippen LogP contribution in [0.15, 0.2) is 62.6 Å². The smallest absolute Gasteiger partial charge is 0.271 e. The number of aromatic nitrogens is 2. The molecule has 2 heterocycles. The van der Waals surface area contributed by atoms with Crippen molar-refractivity contribution in [1.82, 2.24) is 10.1 Å². The summed E-state index contributed by atoms with van der Waals surface area (Å²) in [4.78, 5) is 4.34. The van der Waals surface area contributed by atoms with Gasteiger partial charge in [-0.05, 0) is 42.5 Å². The summed E-state index contributed by atoms with van der Waals surface area (Å²) < 4.78 is 44.1. The molecule has 0 saturated carbocycles. The fraction of sp³-hybridized carbons (Fsp3) is 0.100. The summed E-state index contributed by atoms with van der Waals surface area (Å²) in [5.41, 5.74) is 1.49. The number of nitrogens with zero attached hydrogens (tertiary/aromatic N) is 2. The first-order chi connectivity index (χ1) is 14.9. The van der Waals surface area contributed by atoms with Crippen molar-refractivity contribution in [3.63, 3.8) is 0 Å². The van der Waals surface area contributed by atoms with Crippen LogP contribution in [0.25, 0.3) is 22.8 Å². The Balaban J connectivity index is 1.59. The van der Waals surface area contributed by atoms with E-state index in [9.17, 15) is 8.42 Å². The minimum atomic E-state index is -3.88. The van der Waals surface area contributed by atoms with Gasteiger partial charge < -0.3 is 14.0 Å². The van der Waals surface area contributed by atoms with Gasteiger partial charge in [-0.1, -0.05) is 16.8 Å². The first-order valence-electron chi connectivity index (χ1n) is 8.83. The van der Waals surface area contributed by atoms with Crippen molar-refractivity contribution in [2.24, 2.45) is 0 Å². The highest BCUT2D eigenvalue weighted by atomic mass is 35.5. The molecule has 0 aliphatic carbocycles. The van der Waals surface area contributed by atoms with E-state index in [0.29, 0.717) is 27.9 Å². The molecule has 2 aromatic carbocycles. The standard InChI is InChI=1S/C20H16ClN3O5S2/c1-27-15-7-8-17(28-2)16(10-15)24-31(25,26)18-9-13(11-30-18)20-22-19(23-29-20)12-3-5-14(21)6-4-12/h3-11,24H,1-2H3. The average molecular weight is 478 g/mol. The van der Waals surface area contributed by atoms with Crippen LogP contribution in [0.1, 0.15) is 0 Å². The molecule has 2 aromatic heterocycles. The number of benzene rings is 2. The van der Waals surface area contributed by atoms with E-state index in [1.807, 2.05) is 0 Å². The van der Waals surface area contributed by atoms with Crippen molar-refractivity contribution in [2.45, 2.75) is 4.21 Å². The van der Waals surface area contributed by atoms with Gasteiger partial charge in [0.05, 0.1) is 25.5 Å². The van der Waals surface area contributed by atoms with Crippen LogP contribution in [0.4, 0.5) is 5.69 Å². The van der Waals surface area contributed by atoms with Crippen molar-refractivity contribution in [2.75, 3.05) is 18.9 Å². The zero-order chi connectivity index (χ0) is 22.0. The van der Waals surface area contributed by atoms with Crippen molar-refractivity contribution in [3.05, 3.63) is 58.9 Å². The number of halogens is 1. The maximum atomic E-state index is 12.9. The molecular weight excluding hydrogens is 462 g/mol. The van der Waals surface area contributed by atoms with E-state index in [1.165, 1.54) is 20.3 Å². The average Bonchev–Trinajstić information content (AvgIpc) is 3.44. The van der Waals surface area contributed by atoms with Gasteiger partial charge in [0.1, 0.15) is 15.7 Å². The number of ether oxygens (including phenoxy) is 2. The third-order valence-electron chi connectivity index (χ3n) is 4.27. The molecule has 1 N–H and O–H groups in total. The van der Waals surface area contributed by atoms with Crippen LogP contribution in [0.5, 0.6) is 11.5 Å². The van der Waals surface area contributed by atoms with Gasteiger partial charge >= 0.3 is 0 Å². The number of sulfonamides is 1. The number of hydrogen-bond donors (Lipinski definition) is 1. The molecule has 11 heteroatoms. The lowest BCUT2D eigenvalue weighted by molar-refractivity contribution is 0.405. The third-order valence-corrected chi connectivity index (χ3v) is 7.32. The fourth-order valence-corrected chi connectivity index (χ4v) is 5.06. The van der Waals surface area contributed by atoms with Gasteiger partial charge in [-0.2, -0.15) is 4.98 Å². The van der Waals surface area contributed by atoms with E-state index in [0.717, 1.165) is 16.9 Å². The van der Waals surface area contributed by atoms with Gasteiger partial charge in [-0.15, -0.1) is 11.3 Å². The molecule has 0 fully saturated rings. The lowest BCUT2D eigenvalue weighted by Crippen LogP contribution is -2.12. The zero-order valence-electron chi connectivity index (χ0n) is 16.3. The molecule has 0 amide bonds. The van der Waals surface area contributed by atoms with E-state index < -0.39 is 10.0 Å². The monoisotopic (exact) mass is 477 g/mol. The number of anilines is 1. The fourth-order valence-electron chi connectivity index (χ4n) is 2.72. The SMILES string of the molecule is COc1ccc(OC)c(NS(=O)(=O)c2cc(-c3nc(-c4ccc(Cl)cc4)no3)cs2)c1. The van der Waals surface area contributed by atoms with E-state index in [-0.39, 0.29) is 15.8 Å². The van der Waals surface area contributed by atoms with E-state index in [2.05, 4.69) is 14.9 Å². The molecule has 0 aliphatic heterocycles. The largest absolute Gasteiger partial charge is 0.497 e.